The third-order valence-corrected chi connectivity index (χ3v) is 2.08. The summed E-state index contributed by atoms with van der Waals surface area (Å²) in [6, 6.07) is 7.39. The van der Waals surface area contributed by atoms with E-state index >= 15 is 0 Å². The Labute approximate surface area is 71.2 Å². The molecule has 1 aliphatic heterocycles. The highest BCUT2D eigenvalue weighted by Crippen LogP contribution is 2.28. The zero-order valence-electron chi connectivity index (χ0n) is 6.91. The van der Waals surface area contributed by atoms with Crippen LogP contribution in [0.5, 0.6) is 5.75 Å². The van der Waals surface area contributed by atoms with Crippen LogP contribution in [0.2, 0.25) is 0 Å². The Morgan fingerprint density at radius 3 is 2.83 bits per heavy atom. The number of ketones is 1. The number of hydrogen-bond acceptors (Lipinski definition) is 2. The molecule has 1 aromatic rings. The van der Waals surface area contributed by atoms with E-state index in [9.17, 15) is 4.79 Å². The molecule has 0 amide bonds. The number of benzene rings is 1. The predicted octanol–water partition coefficient (Wildman–Crippen LogP) is 2.04. The molecule has 12 heavy (non-hydrogen) atoms. The van der Waals surface area contributed by atoms with Crippen LogP contribution >= 0.6 is 0 Å². The standard InChI is InChI=1S/C10H10O2/c1-2-8-10(11)7-5-3-4-6-9(7)12-8/h3-6,8H,2H2,1H3. The van der Waals surface area contributed by atoms with E-state index in [1.54, 1.807) is 0 Å². The lowest BCUT2D eigenvalue weighted by Gasteiger charge is -2.03. The van der Waals surface area contributed by atoms with E-state index in [4.69, 9.17) is 4.74 Å². The van der Waals surface area contributed by atoms with Gasteiger partial charge >= 0.3 is 0 Å². The second-order valence-corrected chi connectivity index (χ2v) is 2.88. The van der Waals surface area contributed by atoms with Crippen molar-refractivity contribution in [2.45, 2.75) is 19.4 Å². The van der Waals surface area contributed by atoms with Crippen LogP contribution in [0.3, 0.4) is 0 Å². The first-order valence-corrected chi connectivity index (χ1v) is 4.13. The zero-order chi connectivity index (χ0) is 8.55. The lowest BCUT2D eigenvalue weighted by Crippen LogP contribution is -2.18. The summed E-state index contributed by atoms with van der Waals surface area (Å²) < 4.78 is 5.42. The molecule has 1 atom stereocenters. The number of para-hydroxylation sites is 1. The Morgan fingerprint density at radius 1 is 1.42 bits per heavy atom. The fourth-order valence-electron chi connectivity index (χ4n) is 1.42. The van der Waals surface area contributed by atoms with E-state index in [1.165, 1.54) is 0 Å². The van der Waals surface area contributed by atoms with Gasteiger partial charge in [0, 0.05) is 0 Å². The minimum Gasteiger partial charge on any atom is -0.482 e. The van der Waals surface area contributed by atoms with Gasteiger partial charge in [0.05, 0.1) is 5.56 Å². The molecule has 1 unspecified atom stereocenters. The van der Waals surface area contributed by atoms with Crippen molar-refractivity contribution in [2.75, 3.05) is 0 Å². The molecule has 0 aromatic heterocycles. The van der Waals surface area contributed by atoms with E-state index in [2.05, 4.69) is 0 Å². The van der Waals surface area contributed by atoms with Gasteiger partial charge in [0.1, 0.15) is 5.75 Å². The van der Waals surface area contributed by atoms with Crippen molar-refractivity contribution in [2.24, 2.45) is 0 Å². The molecule has 2 heteroatoms. The lowest BCUT2D eigenvalue weighted by atomic mass is 10.1. The molecule has 0 saturated heterocycles. The van der Waals surface area contributed by atoms with Crippen molar-refractivity contribution in [1.29, 1.82) is 0 Å². The average molecular weight is 162 g/mol. The van der Waals surface area contributed by atoms with Gasteiger partial charge < -0.3 is 4.74 Å². The van der Waals surface area contributed by atoms with Crippen LogP contribution in [-0.4, -0.2) is 11.9 Å². The minimum absolute atomic E-state index is 0.119. The van der Waals surface area contributed by atoms with Crippen LogP contribution in [0.15, 0.2) is 24.3 Å². The summed E-state index contributed by atoms with van der Waals surface area (Å²) in [6.07, 6.45) is 0.496. The summed E-state index contributed by atoms with van der Waals surface area (Å²) in [5, 5.41) is 0. The molecule has 0 radical (unpaired) electrons. The third-order valence-electron chi connectivity index (χ3n) is 2.08. The van der Waals surface area contributed by atoms with Gasteiger partial charge in [-0.3, -0.25) is 4.79 Å². The first-order chi connectivity index (χ1) is 5.83. The zero-order valence-corrected chi connectivity index (χ0v) is 6.91. The van der Waals surface area contributed by atoms with E-state index in [-0.39, 0.29) is 11.9 Å². The predicted molar refractivity (Wildman–Crippen MR) is 45.5 cm³/mol. The fraction of sp³-hybridized carbons (Fsp3) is 0.300. The summed E-state index contributed by atoms with van der Waals surface area (Å²) in [6.45, 7) is 1.95. The van der Waals surface area contributed by atoms with Crippen molar-refractivity contribution in [3.05, 3.63) is 29.8 Å². The normalized spacial score (nSPS) is 20.4. The van der Waals surface area contributed by atoms with Gasteiger partial charge in [0.25, 0.3) is 0 Å². The average Bonchev–Trinajstić information content (AvgIpc) is 2.44. The molecule has 0 bridgehead atoms. The van der Waals surface area contributed by atoms with Gasteiger partial charge in [-0.2, -0.15) is 0 Å². The molecule has 1 heterocycles. The highest BCUT2D eigenvalue weighted by Gasteiger charge is 2.29. The fourth-order valence-corrected chi connectivity index (χ4v) is 1.42. The summed E-state index contributed by atoms with van der Waals surface area (Å²) in [7, 11) is 0. The second-order valence-electron chi connectivity index (χ2n) is 2.88. The van der Waals surface area contributed by atoms with E-state index in [1.807, 2.05) is 31.2 Å². The van der Waals surface area contributed by atoms with E-state index in [0.717, 1.165) is 17.7 Å². The minimum atomic E-state index is -0.248. The maximum absolute atomic E-state index is 11.5. The van der Waals surface area contributed by atoms with Crippen LogP contribution in [0.4, 0.5) is 0 Å². The summed E-state index contributed by atoms with van der Waals surface area (Å²) in [4.78, 5) is 11.5. The number of fused-ring (bicyclic) bond motifs is 1. The van der Waals surface area contributed by atoms with Crippen molar-refractivity contribution < 1.29 is 9.53 Å². The molecule has 2 nitrogen and oxygen atoms in total. The molecular formula is C10H10O2. The SMILES string of the molecule is CCC1Oc2ccccc2C1=O. The largest absolute Gasteiger partial charge is 0.482 e. The third kappa shape index (κ3) is 0.916. The van der Waals surface area contributed by atoms with Crippen LogP contribution in [0.25, 0.3) is 0 Å². The topological polar surface area (TPSA) is 26.3 Å². The Balaban J connectivity index is 2.42. The summed E-state index contributed by atoms with van der Waals surface area (Å²) in [5.41, 5.74) is 0.726. The molecule has 0 saturated carbocycles. The van der Waals surface area contributed by atoms with Crippen molar-refractivity contribution >= 4 is 5.78 Å². The van der Waals surface area contributed by atoms with Crippen molar-refractivity contribution in [1.82, 2.24) is 0 Å². The molecule has 0 aliphatic carbocycles. The van der Waals surface area contributed by atoms with E-state index in [0.29, 0.717) is 0 Å². The van der Waals surface area contributed by atoms with Gasteiger partial charge in [-0.1, -0.05) is 19.1 Å². The number of Topliss-reactive ketones (excluding diaryl/α,β-unsaturated/α-hetero) is 1. The van der Waals surface area contributed by atoms with Crippen LogP contribution in [0.1, 0.15) is 23.7 Å². The smallest absolute Gasteiger partial charge is 0.206 e. The Morgan fingerprint density at radius 2 is 2.17 bits per heavy atom. The molecular weight excluding hydrogens is 152 g/mol. The lowest BCUT2D eigenvalue weighted by molar-refractivity contribution is 0.0853. The Hall–Kier alpha value is -1.31. The number of carbonyl (C=O) groups is 1. The maximum Gasteiger partial charge on any atom is 0.206 e. The first-order valence-electron chi connectivity index (χ1n) is 4.13. The van der Waals surface area contributed by atoms with Gasteiger partial charge in [-0.25, -0.2) is 0 Å². The first kappa shape index (κ1) is 7.35. The second kappa shape index (κ2) is 2.63. The molecule has 0 spiro atoms. The van der Waals surface area contributed by atoms with Crippen LogP contribution < -0.4 is 4.74 Å². The van der Waals surface area contributed by atoms with E-state index < -0.39 is 0 Å². The summed E-state index contributed by atoms with van der Waals surface area (Å²) >= 11 is 0. The van der Waals surface area contributed by atoms with Crippen LogP contribution in [-0.2, 0) is 0 Å². The molecule has 1 aliphatic rings. The maximum atomic E-state index is 11.5. The highest BCUT2D eigenvalue weighted by atomic mass is 16.5. The van der Waals surface area contributed by atoms with Crippen molar-refractivity contribution in [3.8, 4) is 5.75 Å². The monoisotopic (exact) mass is 162 g/mol. The number of hydrogen-bond donors (Lipinski definition) is 0. The van der Waals surface area contributed by atoms with Gasteiger partial charge in [0.2, 0.25) is 5.78 Å². The van der Waals surface area contributed by atoms with Gasteiger partial charge in [-0.05, 0) is 18.6 Å². The molecule has 0 fully saturated rings. The molecule has 0 N–H and O–H groups in total. The van der Waals surface area contributed by atoms with Crippen molar-refractivity contribution in [3.63, 3.8) is 0 Å². The van der Waals surface area contributed by atoms with Gasteiger partial charge in [0.15, 0.2) is 6.10 Å². The number of carbonyl (C=O) groups excluding carboxylic acids is 1. The van der Waals surface area contributed by atoms with Gasteiger partial charge in [-0.15, -0.1) is 0 Å². The quantitative estimate of drug-likeness (QED) is 0.631. The Bertz CT molecular complexity index is 317. The molecule has 2 rings (SSSR count). The molecule has 1 aromatic carbocycles. The molecule has 62 valence electrons. The number of ether oxygens (including phenoxy) is 1. The van der Waals surface area contributed by atoms with Crippen LogP contribution in [0, 0.1) is 0 Å². The Kier molecular flexibility index (Phi) is 1.61. The summed E-state index contributed by atoms with van der Waals surface area (Å²) in [5.74, 6) is 0.849. The number of rotatable bonds is 1. The highest BCUT2D eigenvalue weighted by molar-refractivity contribution is 6.04.